The Morgan fingerprint density at radius 2 is 2.00 bits per heavy atom. The van der Waals surface area contributed by atoms with Gasteiger partial charge in [-0.2, -0.15) is 0 Å². The van der Waals surface area contributed by atoms with E-state index in [2.05, 4.69) is 27.8 Å². The number of carbonyl (C=O) groups excluding carboxylic acids is 2. The largest absolute Gasteiger partial charge is 0.393 e. The lowest BCUT2D eigenvalue weighted by Crippen LogP contribution is -2.41. The topological polar surface area (TPSA) is 94.6 Å². The quantitative estimate of drug-likeness (QED) is 0.723. The first kappa shape index (κ1) is 19.4. The number of amides is 2. The van der Waals surface area contributed by atoms with Gasteiger partial charge in [0.15, 0.2) is 0 Å². The Morgan fingerprint density at radius 3 is 2.76 bits per heavy atom. The second kappa shape index (κ2) is 8.61. The van der Waals surface area contributed by atoms with Gasteiger partial charge in [-0.25, -0.2) is 4.98 Å². The highest BCUT2D eigenvalue weighted by atomic mass is 16.3. The van der Waals surface area contributed by atoms with E-state index < -0.39 is 0 Å². The van der Waals surface area contributed by atoms with Gasteiger partial charge < -0.3 is 20.6 Å². The summed E-state index contributed by atoms with van der Waals surface area (Å²) in [6.45, 7) is 1.43. The fourth-order valence-corrected chi connectivity index (χ4v) is 4.04. The van der Waals surface area contributed by atoms with E-state index in [4.69, 9.17) is 0 Å². The first-order valence-electron chi connectivity index (χ1n) is 10.1. The highest BCUT2D eigenvalue weighted by Gasteiger charge is 2.28. The summed E-state index contributed by atoms with van der Waals surface area (Å²) < 4.78 is 0. The van der Waals surface area contributed by atoms with Crippen molar-refractivity contribution < 1.29 is 14.7 Å². The summed E-state index contributed by atoms with van der Waals surface area (Å²) in [6, 6.07) is 11.9. The minimum Gasteiger partial charge on any atom is -0.393 e. The van der Waals surface area contributed by atoms with Crippen molar-refractivity contribution in [3.05, 3.63) is 53.7 Å². The number of aliphatic hydroxyl groups is 1. The molecule has 7 nitrogen and oxygen atoms in total. The van der Waals surface area contributed by atoms with E-state index in [1.165, 1.54) is 5.56 Å². The second-order valence-corrected chi connectivity index (χ2v) is 7.74. The monoisotopic (exact) mass is 394 g/mol. The maximum atomic E-state index is 12.8. The van der Waals surface area contributed by atoms with Gasteiger partial charge in [-0.15, -0.1) is 0 Å². The van der Waals surface area contributed by atoms with E-state index in [9.17, 15) is 14.7 Å². The minimum absolute atomic E-state index is 0.0858. The van der Waals surface area contributed by atoms with Crippen LogP contribution in [0.4, 0.5) is 11.5 Å². The highest BCUT2D eigenvalue weighted by Crippen LogP contribution is 2.27. The lowest BCUT2D eigenvalue weighted by Gasteiger charge is -2.34. The smallest absolute Gasteiger partial charge is 0.255 e. The van der Waals surface area contributed by atoms with Gasteiger partial charge in [-0.3, -0.25) is 9.59 Å². The van der Waals surface area contributed by atoms with Crippen LogP contribution >= 0.6 is 0 Å². The highest BCUT2D eigenvalue weighted by molar-refractivity contribution is 6.02. The molecule has 1 aromatic heterocycles. The molecule has 7 heteroatoms. The van der Waals surface area contributed by atoms with Crippen LogP contribution in [0, 0.1) is 5.92 Å². The van der Waals surface area contributed by atoms with Gasteiger partial charge in [0.2, 0.25) is 5.91 Å². The zero-order chi connectivity index (χ0) is 20.2. The molecule has 2 amide bonds. The Hall–Kier alpha value is -2.93. The Morgan fingerprint density at radius 1 is 1.24 bits per heavy atom. The number of fused-ring (bicyclic) bond motifs is 1. The van der Waals surface area contributed by atoms with Crippen LogP contribution in [0.1, 0.15) is 35.2 Å². The molecule has 29 heavy (non-hydrogen) atoms. The van der Waals surface area contributed by atoms with E-state index in [-0.39, 0.29) is 30.4 Å². The number of likely N-dealkylation sites (tertiary alicyclic amines) is 1. The number of aryl methyl sites for hydroxylation is 1. The summed E-state index contributed by atoms with van der Waals surface area (Å²) in [6.07, 6.45) is 4.38. The molecule has 2 aliphatic heterocycles. The Bertz CT molecular complexity index is 879. The number of aromatic nitrogens is 1. The molecule has 1 atom stereocenters. The normalized spacial score (nSPS) is 17.8. The molecule has 1 aromatic carbocycles. The summed E-state index contributed by atoms with van der Waals surface area (Å²) in [5.41, 5.74) is 2.25. The number of hydrogen-bond acceptors (Lipinski definition) is 5. The molecular weight excluding hydrogens is 368 g/mol. The summed E-state index contributed by atoms with van der Waals surface area (Å²) in [5.74, 6) is 0.570. The average Bonchev–Trinajstić information content (AvgIpc) is 2.77. The van der Waals surface area contributed by atoms with Crippen molar-refractivity contribution in [2.45, 2.75) is 31.8 Å². The van der Waals surface area contributed by atoms with E-state index in [0.717, 1.165) is 25.7 Å². The van der Waals surface area contributed by atoms with Crippen molar-refractivity contribution in [2.24, 2.45) is 5.92 Å². The maximum absolute atomic E-state index is 12.8. The van der Waals surface area contributed by atoms with Crippen LogP contribution in [0.15, 0.2) is 42.6 Å². The summed E-state index contributed by atoms with van der Waals surface area (Å²) >= 11 is 0. The summed E-state index contributed by atoms with van der Waals surface area (Å²) in [4.78, 5) is 30.4. The van der Waals surface area contributed by atoms with Crippen molar-refractivity contribution in [1.29, 1.82) is 0 Å². The molecular formula is C22H26N4O3. The van der Waals surface area contributed by atoms with E-state index in [1.54, 1.807) is 12.3 Å². The predicted molar refractivity (Wildman–Crippen MR) is 111 cm³/mol. The van der Waals surface area contributed by atoms with Crippen LogP contribution < -0.4 is 10.6 Å². The maximum Gasteiger partial charge on any atom is 0.255 e. The number of anilines is 2. The zero-order valence-electron chi connectivity index (χ0n) is 16.3. The molecule has 0 spiro atoms. The number of nitrogens with one attached hydrogen (secondary N) is 2. The first-order valence-corrected chi connectivity index (χ1v) is 10.1. The molecule has 152 valence electrons. The molecule has 3 heterocycles. The van der Waals surface area contributed by atoms with Crippen molar-refractivity contribution >= 4 is 23.3 Å². The van der Waals surface area contributed by atoms with Crippen LogP contribution in [-0.4, -0.2) is 52.5 Å². The molecule has 0 radical (unpaired) electrons. The Balaban J connectivity index is 1.30. The third-order valence-electron chi connectivity index (χ3n) is 5.77. The SMILES string of the molecule is O=C1CNc2ncc(C(=O)N3CCC(C(O)CCc4ccccc4)CC3)cc2N1. The number of pyridine rings is 1. The number of piperidine rings is 1. The molecule has 1 unspecified atom stereocenters. The molecule has 0 saturated carbocycles. The van der Waals surface area contributed by atoms with Gasteiger partial charge in [-0.05, 0) is 43.2 Å². The Labute approximate surface area is 170 Å². The van der Waals surface area contributed by atoms with Gasteiger partial charge in [0.25, 0.3) is 5.91 Å². The molecule has 3 N–H and O–H groups in total. The lowest BCUT2D eigenvalue weighted by molar-refractivity contribution is -0.114. The number of aliphatic hydroxyl groups excluding tert-OH is 1. The fourth-order valence-electron chi connectivity index (χ4n) is 4.04. The molecule has 1 fully saturated rings. The van der Waals surface area contributed by atoms with Crippen LogP contribution in [-0.2, 0) is 11.2 Å². The van der Waals surface area contributed by atoms with E-state index in [0.29, 0.717) is 30.2 Å². The summed E-state index contributed by atoms with van der Waals surface area (Å²) in [5, 5.41) is 16.2. The van der Waals surface area contributed by atoms with Gasteiger partial charge in [0, 0.05) is 19.3 Å². The number of nitrogens with zero attached hydrogens (tertiary/aromatic N) is 2. The van der Waals surface area contributed by atoms with E-state index in [1.807, 2.05) is 23.1 Å². The standard InChI is InChI=1S/C22H26N4O3/c27-19(7-6-15-4-2-1-3-5-15)16-8-10-26(11-9-16)22(29)17-12-18-21(23-13-17)24-14-20(28)25-18/h1-5,12-13,16,19,27H,6-11,14H2,(H,23,24)(H,25,28). The van der Waals surface area contributed by atoms with Crippen LogP contribution in [0.3, 0.4) is 0 Å². The van der Waals surface area contributed by atoms with Crippen LogP contribution in [0.5, 0.6) is 0 Å². The third-order valence-corrected chi connectivity index (χ3v) is 5.77. The number of hydrogen-bond donors (Lipinski definition) is 3. The van der Waals surface area contributed by atoms with Crippen molar-refractivity contribution in [3.63, 3.8) is 0 Å². The molecule has 2 aromatic rings. The van der Waals surface area contributed by atoms with Crippen molar-refractivity contribution in [3.8, 4) is 0 Å². The van der Waals surface area contributed by atoms with Crippen molar-refractivity contribution in [2.75, 3.05) is 30.3 Å². The predicted octanol–water partition coefficient (Wildman–Crippen LogP) is 2.29. The zero-order valence-corrected chi connectivity index (χ0v) is 16.3. The third kappa shape index (κ3) is 4.56. The number of rotatable bonds is 5. The second-order valence-electron chi connectivity index (χ2n) is 7.74. The number of carbonyl (C=O) groups is 2. The van der Waals surface area contributed by atoms with Gasteiger partial charge in [0.1, 0.15) is 5.82 Å². The molecule has 1 saturated heterocycles. The van der Waals surface area contributed by atoms with Crippen LogP contribution in [0.25, 0.3) is 0 Å². The van der Waals surface area contributed by atoms with Gasteiger partial charge >= 0.3 is 0 Å². The molecule has 4 rings (SSSR count). The minimum atomic E-state index is -0.348. The molecule has 2 aliphatic rings. The van der Waals surface area contributed by atoms with Gasteiger partial charge in [-0.1, -0.05) is 30.3 Å². The average molecular weight is 394 g/mol. The Kier molecular flexibility index (Phi) is 5.76. The van der Waals surface area contributed by atoms with Crippen molar-refractivity contribution in [1.82, 2.24) is 9.88 Å². The van der Waals surface area contributed by atoms with Gasteiger partial charge in [0.05, 0.1) is 23.9 Å². The number of benzene rings is 1. The summed E-state index contributed by atoms with van der Waals surface area (Å²) in [7, 11) is 0. The molecule has 0 aliphatic carbocycles. The lowest BCUT2D eigenvalue weighted by atomic mass is 9.88. The fraction of sp³-hybridized carbons (Fsp3) is 0.409. The van der Waals surface area contributed by atoms with E-state index >= 15 is 0 Å². The first-order chi connectivity index (χ1) is 14.1. The molecule has 0 bridgehead atoms. The van der Waals surface area contributed by atoms with Crippen LogP contribution in [0.2, 0.25) is 0 Å².